The zero-order valence-electron chi connectivity index (χ0n) is 18.3. The number of aromatic hydroxyl groups is 1. The average molecular weight is 488 g/mol. The van der Waals surface area contributed by atoms with Crippen LogP contribution in [0.1, 0.15) is 29.6 Å². The lowest BCUT2D eigenvalue weighted by Crippen LogP contribution is -2.57. The van der Waals surface area contributed by atoms with Gasteiger partial charge in [-0.2, -0.15) is 0 Å². The van der Waals surface area contributed by atoms with Crippen molar-refractivity contribution in [1.82, 2.24) is 14.8 Å². The van der Waals surface area contributed by atoms with E-state index >= 15 is 0 Å². The lowest BCUT2D eigenvalue weighted by Gasteiger charge is -2.39. The third-order valence-corrected chi connectivity index (χ3v) is 6.83. The van der Waals surface area contributed by atoms with Gasteiger partial charge >= 0.3 is 0 Å². The average Bonchev–Trinajstić information content (AvgIpc) is 2.94. The van der Waals surface area contributed by atoms with E-state index in [1.807, 2.05) is 0 Å². The summed E-state index contributed by atoms with van der Waals surface area (Å²) < 4.78 is 26.8. The molecule has 0 spiro atoms. The van der Waals surface area contributed by atoms with Crippen molar-refractivity contribution in [2.24, 2.45) is 0 Å². The van der Waals surface area contributed by atoms with Crippen molar-refractivity contribution in [1.29, 1.82) is 0 Å². The molecule has 5 rings (SSSR count). The number of phenols is 1. The maximum absolute atomic E-state index is 14.7. The van der Waals surface area contributed by atoms with Crippen molar-refractivity contribution in [3.63, 3.8) is 0 Å². The third kappa shape index (κ3) is 3.73. The first-order valence-electron chi connectivity index (χ1n) is 11.1. The smallest absolute Gasteiger partial charge is 0.263 e. The van der Waals surface area contributed by atoms with Crippen LogP contribution in [-0.2, 0) is 4.79 Å². The topological polar surface area (TPSA) is 92.2 Å². The van der Waals surface area contributed by atoms with E-state index in [2.05, 4.69) is 11.6 Å². The van der Waals surface area contributed by atoms with E-state index < -0.39 is 11.9 Å². The highest BCUT2D eigenvalue weighted by Gasteiger charge is 2.41. The van der Waals surface area contributed by atoms with Crippen molar-refractivity contribution in [2.75, 3.05) is 26.2 Å². The first-order valence-corrected chi connectivity index (χ1v) is 11.5. The first kappa shape index (κ1) is 22.5. The Kier molecular flexibility index (Phi) is 5.81. The number of aromatic nitrogens is 1. The van der Waals surface area contributed by atoms with E-state index in [1.165, 1.54) is 24.3 Å². The minimum Gasteiger partial charge on any atom is -0.507 e. The predicted octanol–water partition coefficient (Wildman–Crippen LogP) is 3.41. The minimum absolute atomic E-state index is 0.00278. The number of rotatable bonds is 4. The highest BCUT2D eigenvalue weighted by atomic mass is 35.5. The number of piperazine rings is 1. The van der Waals surface area contributed by atoms with Crippen LogP contribution in [0.4, 0.5) is 4.39 Å². The summed E-state index contributed by atoms with van der Waals surface area (Å²) in [6.07, 6.45) is 3.71. The molecule has 2 aromatic rings. The molecule has 8 nitrogen and oxygen atoms in total. The fourth-order valence-electron chi connectivity index (χ4n) is 4.41. The Labute approximate surface area is 200 Å². The van der Waals surface area contributed by atoms with Gasteiger partial charge < -0.3 is 24.4 Å². The standard InChI is InChI=1S/C24H23ClFN3O5/c1-2-17(31)28-9-10-29-13(11-28)12-33-22-19(24(29)32)23(34-14-5-3-6-14)27-21(20(22)25)18-15(26)7-4-8-16(18)30/h2,4,7-8,13-14,30H,1,3,5-6,9-12H2. The lowest BCUT2D eigenvalue weighted by atomic mass is 9.96. The van der Waals surface area contributed by atoms with Gasteiger partial charge in [-0.1, -0.05) is 24.2 Å². The zero-order chi connectivity index (χ0) is 24.0. The molecule has 2 amide bonds. The second-order valence-corrected chi connectivity index (χ2v) is 8.92. The number of phenolic OH excluding ortho intramolecular Hbond substituents is 1. The van der Waals surface area contributed by atoms with Crippen LogP contribution in [0.25, 0.3) is 11.3 Å². The Morgan fingerprint density at radius 2 is 2.12 bits per heavy atom. The molecule has 1 unspecified atom stereocenters. The van der Waals surface area contributed by atoms with Gasteiger partial charge in [0.2, 0.25) is 11.8 Å². The van der Waals surface area contributed by atoms with Crippen LogP contribution in [0.5, 0.6) is 17.4 Å². The van der Waals surface area contributed by atoms with Crippen LogP contribution < -0.4 is 9.47 Å². The van der Waals surface area contributed by atoms with E-state index in [9.17, 15) is 19.1 Å². The zero-order valence-corrected chi connectivity index (χ0v) is 19.1. The molecule has 1 aromatic heterocycles. The molecule has 3 heterocycles. The van der Waals surface area contributed by atoms with Crippen molar-refractivity contribution in [3.8, 4) is 28.6 Å². The second kappa shape index (κ2) is 8.79. The summed E-state index contributed by atoms with van der Waals surface area (Å²) >= 11 is 6.63. The van der Waals surface area contributed by atoms with Crippen LogP contribution in [0.15, 0.2) is 30.9 Å². The predicted molar refractivity (Wildman–Crippen MR) is 122 cm³/mol. The minimum atomic E-state index is -0.722. The Morgan fingerprint density at radius 3 is 2.79 bits per heavy atom. The molecule has 1 saturated heterocycles. The van der Waals surface area contributed by atoms with E-state index in [-0.39, 0.29) is 70.3 Å². The summed E-state index contributed by atoms with van der Waals surface area (Å²) in [5, 5.41) is 10.2. The van der Waals surface area contributed by atoms with Gasteiger partial charge in [0.25, 0.3) is 5.91 Å². The molecular weight excluding hydrogens is 465 g/mol. The van der Waals surface area contributed by atoms with Gasteiger partial charge in [0.05, 0.1) is 11.6 Å². The highest BCUT2D eigenvalue weighted by Crippen LogP contribution is 2.46. The van der Waals surface area contributed by atoms with Crippen LogP contribution >= 0.6 is 11.6 Å². The van der Waals surface area contributed by atoms with E-state index in [1.54, 1.807) is 9.80 Å². The number of fused-ring (bicyclic) bond motifs is 2. The highest BCUT2D eigenvalue weighted by molar-refractivity contribution is 6.35. The summed E-state index contributed by atoms with van der Waals surface area (Å²) in [5.41, 5.74) is -0.196. The molecule has 0 bridgehead atoms. The van der Waals surface area contributed by atoms with Crippen LogP contribution in [0.2, 0.25) is 5.02 Å². The molecule has 2 fully saturated rings. The fourth-order valence-corrected chi connectivity index (χ4v) is 4.69. The summed E-state index contributed by atoms with van der Waals surface area (Å²) in [5.74, 6) is -1.64. The van der Waals surface area contributed by atoms with Gasteiger partial charge in [-0.15, -0.1) is 0 Å². The van der Waals surface area contributed by atoms with E-state index in [4.69, 9.17) is 21.1 Å². The van der Waals surface area contributed by atoms with E-state index in [0.717, 1.165) is 19.3 Å². The van der Waals surface area contributed by atoms with Gasteiger partial charge in [0, 0.05) is 19.6 Å². The number of amides is 2. The molecular formula is C24H23ClFN3O5. The molecule has 1 atom stereocenters. The molecule has 1 saturated carbocycles. The lowest BCUT2D eigenvalue weighted by molar-refractivity contribution is -0.128. The number of carbonyl (C=O) groups is 2. The number of pyridine rings is 1. The monoisotopic (exact) mass is 487 g/mol. The third-order valence-electron chi connectivity index (χ3n) is 6.48. The number of nitrogens with zero attached hydrogens (tertiary/aromatic N) is 3. The Morgan fingerprint density at radius 1 is 1.32 bits per heavy atom. The number of hydrogen-bond donors (Lipinski definition) is 1. The first-order chi connectivity index (χ1) is 16.4. The van der Waals surface area contributed by atoms with E-state index in [0.29, 0.717) is 13.1 Å². The van der Waals surface area contributed by atoms with Gasteiger partial charge in [0.15, 0.2) is 5.75 Å². The van der Waals surface area contributed by atoms with Gasteiger partial charge in [-0.25, -0.2) is 9.37 Å². The van der Waals surface area contributed by atoms with Gasteiger partial charge in [0.1, 0.15) is 40.6 Å². The van der Waals surface area contributed by atoms with Gasteiger partial charge in [-0.05, 0) is 37.5 Å². The van der Waals surface area contributed by atoms with Crippen molar-refractivity contribution < 1.29 is 28.6 Å². The van der Waals surface area contributed by atoms with Gasteiger partial charge in [-0.3, -0.25) is 9.59 Å². The molecule has 2 aliphatic heterocycles. The molecule has 10 heteroatoms. The summed E-state index contributed by atoms with van der Waals surface area (Å²) in [7, 11) is 0. The Balaban J connectivity index is 1.61. The quantitative estimate of drug-likeness (QED) is 0.664. The molecule has 3 aliphatic rings. The maximum Gasteiger partial charge on any atom is 0.263 e. The SMILES string of the molecule is C=CC(=O)N1CCN2C(=O)c3c(OC4CCC4)nc(-c4c(O)cccc4F)c(Cl)c3OCC2C1. The molecule has 1 aromatic carbocycles. The van der Waals surface area contributed by atoms with Crippen molar-refractivity contribution in [3.05, 3.63) is 47.3 Å². The van der Waals surface area contributed by atoms with Crippen LogP contribution in [0, 0.1) is 5.82 Å². The number of hydrogen-bond acceptors (Lipinski definition) is 6. The maximum atomic E-state index is 14.7. The number of ether oxygens (including phenoxy) is 2. The van der Waals surface area contributed by atoms with Crippen LogP contribution in [-0.4, -0.2) is 70.1 Å². The normalized spacial score (nSPS) is 19.9. The second-order valence-electron chi connectivity index (χ2n) is 8.54. The molecule has 34 heavy (non-hydrogen) atoms. The molecule has 1 aliphatic carbocycles. The molecule has 178 valence electrons. The largest absolute Gasteiger partial charge is 0.507 e. The molecule has 0 radical (unpaired) electrons. The molecule has 1 N–H and O–H groups in total. The number of carbonyl (C=O) groups excluding carboxylic acids is 2. The summed E-state index contributed by atoms with van der Waals surface area (Å²) in [6, 6.07) is 3.45. The summed E-state index contributed by atoms with van der Waals surface area (Å²) in [4.78, 5) is 33.5. The number of halogens is 2. The Hall–Kier alpha value is -3.33. The fraction of sp³-hybridized carbons (Fsp3) is 0.375. The Bertz CT molecular complexity index is 1170. The van der Waals surface area contributed by atoms with Crippen molar-refractivity contribution >= 4 is 23.4 Å². The number of benzene rings is 1. The summed E-state index contributed by atoms with van der Waals surface area (Å²) in [6.45, 7) is 4.51. The van der Waals surface area contributed by atoms with Crippen LogP contribution in [0.3, 0.4) is 0 Å². The van der Waals surface area contributed by atoms with Crippen molar-refractivity contribution in [2.45, 2.75) is 31.4 Å².